The Bertz CT molecular complexity index is 1110. The molecule has 8 heteroatoms. The molecule has 1 aliphatic heterocycles. The van der Waals surface area contributed by atoms with Crippen LogP contribution in [0.25, 0.3) is 11.8 Å². The van der Waals surface area contributed by atoms with Crippen LogP contribution in [0.15, 0.2) is 48.0 Å². The summed E-state index contributed by atoms with van der Waals surface area (Å²) in [4.78, 5) is 35.0. The number of hydrogen-bond acceptors (Lipinski definition) is 8. The van der Waals surface area contributed by atoms with Crippen molar-refractivity contribution >= 4 is 29.7 Å². The summed E-state index contributed by atoms with van der Waals surface area (Å²) in [5.74, 6) is -0.0977. The van der Waals surface area contributed by atoms with E-state index in [1.54, 1.807) is 36.4 Å². The molecular weight excluding hydrogens is 404 g/mol. The van der Waals surface area contributed by atoms with Gasteiger partial charge in [-0.15, -0.1) is 0 Å². The van der Waals surface area contributed by atoms with Crippen LogP contribution in [0.1, 0.15) is 25.0 Å². The van der Waals surface area contributed by atoms with Crippen LogP contribution in [0.5, 0.6) is 23.0 Å². The predicted octanol–water partition coefficient (Wildman–Crippen LogP) is 3.54. The van der Waals surface area contributed by atoms with Crippen molar-refractivity contribution < 1.29 is 38.1 Å². The largest absolute Gasteiger partial charge is 0.493 e. The first-order valence-corrected chi connectivity index (χ1v) is 9.19. The molecule has 0 saturated heterocycles. The topological polar surface area (TPSA) is 97.4 Å². The van der Waals surface area contributed by atoms with E-state index >= 15 is 0 Å². The van der Waals surface area contributed by atoms with E-state index < -0.39 is 17.9 Å². The summed E-state index contributed by atoms with van der Waals surface area (Å²) in [7, 11) is 3.05. The highest BCUT2D eigenvalue weighted by molar-refractivity contribution is 6.05. The van der Waals surface area contributed by atoms with Gasteiger partial charge in [0.1, 0.15) is 5.76 Å². The van der Waals surface area contributed by atoms with Gasteiger partial charge >= 0.3 is 17.9 Å². The summed E-state index contributed by atoms with van der Waals surface area (Å²) in [5, 5.41) is 0. The van der Waals surface area contributed by atoms with Crippen LogP contribution in [-0.4, -0.2) is 32.1 Å². The minimum Gasteiger partial charge on any atom is -0.493 e. The number of methoxy groups -OCH3 is 2. The van der Waals surface area contributed by atoms with Crippen molar-refractivity contribution in [3.63, 3.8) is 0 Å². The van der Waals surface area contributed by atoms with Crippen LogP contribution in [0, 0.1) is 0 Å². The lowest BCUT2D eigenvalue weighted by molar-refractivity contribution is -0.134. The molecule has 2 aromatic carbocycles. The summed E-state index contributed by atoms with van der Waals surface area (Å²) in [5.41, 5.74) is 1.47. The fourth-order valence-electron chi connectivity index (χ4n) is 2.89. The van der Waals surface area contributed by atoms with Crippen LogP contribution in [-0.2, 0) is 19.1 Å². The smallest absolute Gasteiger partial charge is 0.343 e. The zero-order valence-corrected chi connectivity index (χ0v) is 17.4. The fourth-order valence-corrected chi connectivity index (χ4v) is 2.89. The maximum Gasteiger partial charge on any atom is 0.343 e. The molecule has 1 heterocycles. The average molecular weight is 424 g/mol. The first kappa shape index (κ1) is 21.6. The zero-order chi connectivity index (χ0) is 22.5. The van der Waals surface area contributed by atoms with Crippen molar-refractivity contribution in [1.82, 2.24) is 0 Å². The number of cyclic esters (lactones) is 1. The Balaban J connectivity index is 1.94. The highest BCUT2D eigenvalue weighted by atomic mass is 16.6. The highest BCUT2D eigenvalue weighted by Gasteiger charge is 2.23. The van der Waals surface area contributed by atoms with Crippen LogP contribution < -0.4 is 18.9 Å². The van der Waals surface area contributed by atoms with Gasteiger partial charge in [0.2, 0.25) is 0 Å². The molecule has 0 fully saturated rings. The molecule has 0 unspecified atom stereocenters. The lowest BCUT2D eigenvalue weighted by atomic mass is 10.1. The number of rotatable bonds is 6. The normalized spacial score (nSPS) is 14.0. The van der Waals surface area contributed by atoms with Gasteiger partial charge in [-0.05, 0) is 48.0 Å². The molecule has 0 saturated carbocycles. The van der Waals surface area contributed by atoms with Gasteiger partial charge < -0.3 is 23.7 Å². The number of esters is 3. The molecule has 8 nitrogen and oxygen atoms in total. The van der Waals surface area contributed by atoms with Gasteiger partial charge in [0.25, 0.3) is 0 Å². The number of benzene rings is 2. The number of hydrogen-bond donors (Lipinski definition) is 0. The molecule has 3 rings (SSSR count). The van der Waals surface area contributed by atoms with Crippen LogP contribution in [0.3, 0.4) is 0 Å². The number of carbonyl (C=O) groups excluding carboxylic acids is 3. The molecule has 31 heavy (non-hydrogen) atoms. The third-order valence-corrected chi connectivity index (χ3v) is 4.19. The lowest BCUT2D eigenvalue weighted by Crippen LogP contribution is -2.07. The van der Waals surface area contributed by atoms with Crippen molar-refractivity contribution in [2.24, 2.45) is 0 Å². The Kier molecular flexibility index (Phi) is 6.40. The molecule has 0 bridgehead atoms. The Morgan fingerprint density at radius 3 is 2.13 bits per heavy atom. The standard InChI is InChI=1S/C23H20O8/c1-13(24)29-19-7-5-15(10-22(19)30-14(2)25)9-17-12-20(31-23(17)26)16-6-8-18(27-3)21(11-16)28-4/h5-12H,1-4H3/b17-9+. The zero-order valence-electron chi connectivity index (χ0n) is 17.4. The number of ether oxygens (including phenoxy) is 5. The SMILES string of the molecule is COc1ccc(C2=C/C(=C\c3ccc(OC(C)=O)c(OC(C)=O)c3)C(=O)O2)cc1OC. The van der Waals surface area contributed by atoms with Crippen molar-refractivity contribution in [3.05, 3.63) is 59.2 Å². The molecule has 2 aromatic rings. The van der Waals surface area contributed by atoms with Crippen molar-refractivity contribution in [1.29, 1.82) is 0 Å². The second-order valence-electron chi connectivity index (χ2n) is 6.46. The summed E-state index contributed by atoms with van der Waals surface area (Å²) in [6.07, 6.45) is 3.16. The maximum absolute atomic E-state index is 12.4. The first-order chi connectivity index (χ1) is 14.8. The van der Waals surface area contributed by atoms with Gasteiger partial charge in [-0.1, -0.05) is 6.07 Å². The van der Waals surface area contributed by atoms with E-state index in [1.807, 2.05) is 0 Å². The van der Waals surface area contributed by atoms with Crippen molar-refractivity contribution in [2.45, 2.75) is 13.8 Å². The molecule has 0 spiro atoms. The Hall–Kier alpha value is -4.07. The first-order valence-electron chi connectivity index (χ1n) is 9.19. The summed E-state index contributed by atoms with van der Waals surface area (Å²) >= 11 is 0. The van der Waals surface area contributed by atoms with E-state index in [-0.39, 0.29) is 11.5 Å². The van der Waals surface area contributed by atoms with Crippen molar-refractivity contribution in [3.8, 4) is 23.0 Å². The molecule has 160 valence electrons. The van der Waals surface area contributed by atoms with E-state index in [2.05, 4.69) is 0 Å². The molecule has 1 aliphatic rings. The molecule has 0 N–H and O–H groups in total. The third-order valence-electron chi connectivity index (χ3n) is 4.19. The summed E-state index contributed by atoms with van der Waals surface area (Å²) < 4.78 is 26.0. The summed E-state index contributed by atoms with van der Waals surface area (Å²) in [6, 6.07) is 9.74. The lowest BCUT2D eigenvalue weighted by Gasteiger charge is -2.09. The minimum atomic E-state index is -0.575. The molecular formula is C23H20O8. The number of carbonyl (C=O) groups is 3. The van der Waals surface area contributed by atoms with Crippen LogP contribution in [0.2, 0.25) is 0 Å². The van der Waals surface area contributed by atoms with E-state index in [0.29, 0.717) is 34.0 Å². The molecule has 0 atom stereocenters. The third kappa shape index (κ3) is 5.11. The quantitative estimate of drug-likeness (QED) is 0.395. The highest BCUT2D eigenvalue weighted by Crippen LogP contribution is 2.35. The fraction of sp³-hybridized carbons (Fsp3) is 0.174. The minimum absolute atomic E-state index is 0.0625. The average Bonchev–Trinajstić information content (AvgIpc) is 3.09. The maximum atomic E-state index is 12.4. The Labute approximate surface area is 178 Å². The Morgan fingerprint density at radius 1 is 0.839 bits per heavy atom. The van der Waals surface area contributed by atoms with Crippen molar-refractivity contribution in [2.75, 3.05) is 14.2 Å². The van der Waals surface area contributed by atoms with E-state index in [0.717, 1.165) is 0 Å². The molecule has 0 aromatic heterocycles. The van der Waals surface area contributed by atoms with Gasteiger partial charge in [-0.2, -0.15) is 0 Å². The molecule has 0 amide bonds. The van der Waals surface area contributed by atoms with Gasteiger partial charge in [0, 0.05) is 19.4 Å². The summed E-state index contributed by atoms with van der Waals surface area (Å²) in [6.45, 7) is 2.47. The Morgan fingerprint density at radius 2 is 1.48 bits per heavy atom. The predicted molar refractivity (Wildman–Crippen MR) is 111 cm³/mol. The van der Waals surface area contributed by atoms with Gasteiger partial charge in [-0.25, -0.2) is 4.79 Å². The van der Waals surface area contributed by atoms with Crippen LogP contribution >= 0.6 is 0 Å². The van der Waals surface area contributed by atoms with Gasteiger partial charge in [0.05, 0.1) is 19.8 Å². The second kappa shape index (κ2) is 9.17. The van der Waals surface area contributed by atoms with E-state index in [1.165, 1.54) is 40.2 Å². The molecule has 0 radical (unpaired) electrons. The molecule has 0 aliphatic carbocycles. The monoisotopic (exact) mass is 424 g/mol. The van der Waals surface area contributed by atoms with Gasteiger partial charge in [0.15, 0.2) is 23.0 Å². The van der Waals surface area contributed by atoms with Gasteiger partial charge in [-0.3, -0.25) is 9.59 Å². The van der Waals surface area contributed by atoms with Crippen LogP contribution in [0.4, 0.5) is 0 Å². The van der Waals surface area contributed by atoms with E-state index in [4.69, 9.17) is 23.7 Å². The van der Waals surface area contributed by atoms with E-state index in [9.17, 15) is 14.4 Å². The second-order valence-corrected chi connectivity index (χ2v) is 6.46.